The van der Waals surface area contributed by atoms with Crippen molar-refractivity contribution in [2.24, 2.45) is 5.73 Å². The predicted octanol–water partition coefficient (Wildman–Crippen LogP) is 2.43. The molecule has 4 N–H and O–H groups in total. The molecule has 0 saturated carbocycles. The Morgan fingerprint density at radius 3 is 2.61 bits per heavy atom. The maximum Gasteiger partial charge on any atom is 0.321 e. The first kappa shape index (κ1) is 21.2. The number of ether oxygens (including phenoxy) is 1. The molecule has 0 atom stereocenters. The van der Waals surface area contributed by atoms with Crippen molar-refractivity contribution in [2.45, 2.75) is 13.5 Å². The van der Waals surface area contributed by atoms with Crippen LogP contribution < -0.4 is 16.4 Å². The van der Waals surface area contributed by atoms with Gasteiger partial charge in [0.2, 0.25) is 5.95 Å². The minimum Gasteiger partial charge on any atom is -0.379 e. The molecule has 0 aliphatic carbocycles. The summed E-state index contributed by atoms with van der Waals surface area (Å²) in [6, 6.07) is 9.44. The summed E-state index contributed by atoms with van der Waals surface area (Å²) >= 11 is 1.18. The Balaban J connectivity index is 1.66. The van der Waals surface area contributed by atoms with Crippen molar-refractivity contribution in [1.82, 2.24) is 20.2 Å². The lowest BCUT2D eigenvalue weighted by Gasteiger charge is -2.26. The molecule has 3 heterocycles. The van der Waals surface area contributed by atoms with E-state index in [1.165, 1.54) is 16.9 Å². The van der Waals surface area contributed by atoms with Gasteiger partial charge in [-0.2, -0.15) is 0 Å². The molecule has 10 heteroatoms. The van der Waals surface area contributed by atoms with Crippen LogP contribution in [0.2, 0.25) is 0 Å². The minimum atomic E-state index is -0.520. The Hall–Kier alpha value is -3.08. The van der Waals surface area contributed by atoms with Crippen LogP contribution in [0.15, 0.2) is 30.3 Å². The highest BCUT2D eigenvalue weighted by molar-refractivity contribution is 7.20. The van der Waals surface area contributed by atoms with E-state index >= 15 is 0 Å². The zero-order valence-electron chi connectivity index (χ0n) is 17.2. The lowest BCUT2D eigenvalue weighted by atomic mass is 10.1. The Kier molecular flexibility index (Phi) is 6.40. The van der Waals surface area contributed by atoms with E-state index in [2.05, 4.69) is 37.6 Å². The van der Waals surface area contributed by atoms with Gasteiger partial charge in [-0.1, -0.05) is 24.3 Å². The summed E-state index contributed by atoms with van der Waals surface area (Å²) in [4.78, 5) is 35.9. The standard InChI is InChI=1S/C21H24N6O3S/c1-2-23-21(29)26-20-24-17(15-11-16(18(22)28)31-19(15)25-20)14-5-3-13(4-6-14)12-27-7-9-30-10-8-27/h3-6,11H,2,7-10,12H2,1H3,(H2,22,28)(H2,23,24,25,26,29). The van der Waals surface area contributed by atoms with Crippen molar-refractivity contribution in [2.75, 3.05) is 38.2 Å². The number of amides is 3. The summed E-state index contributed by atoms with van der Waals surface area (Å²) < 4.78 is 5.41. The van der Waals surface area contributed by atoms with Crippen molar-refractivity contribution < 1.29 is 14.3 Å². The van der Waals surface area contributed by atoms with Gasteiger partial charge in [-0.25, -0.2) is 14.8 Å². The number of carbonyl (C=O) groups is 2. The van der Waals surface area contributed by atoms with Crippen LogP contribution in [0.4, 0.5) is 10.7 Å². The van der Waals surface area contributed by atoms with Gasteiger partial charge in [0, 0.05) is 37.1 Å². The fourth-order valence-corrected chi connectivity index (χ4v) is 4.29. The van der Waals surface area contributed by atoms with E-state index in [1.54, 1.807) is 6.07 Å². The first-order valence-corrected chi connectivity index (χ1v) is 10.9. The molecule has 0 radical (unpaired) electrons. The van der Waals surface area contributed by atoms with Gasteiger partial charge >= 0.3 is 6.03 Å². The summed E-state index contributed by atoms with van der Waals surface area (Å²) in [6.07, 6.45) is 0. The van der Waals surface area contributed by atoms with Gasteiger partial charge < -0.3 is 15.8 Å². The van der Waals surface area contributed by atoms with Gasteiger partial charge in [-0.3, -0.25) is 15.0 Å². The number of hydrogen-bond donors (Lipinski definition) is 3. The van der Waals surface area contributed by atoms with Crippen molar-refractivity contribution in [3.8, 4) is 11.3 Å². The zero-order chi connectivity index (χ0) is 21.8. The number of morpholine rings is 1. The van der Waals surface area contributed by atoms with Gasteiger partial charge in [0.15, 0.2) is 0 Å². The predicted molar refractivity (Wildman–Crippen MR) is 120 cm³/mol. The second-order valence-corrected chi connectivity index (χ2v) is 8.19. The van der Waals surface area contributed by atoms with E-state index in [1.807, 2.05) is 19.1 Å². The van der Waals surface area contributed by atoms with E-state index < -0.39 is 5.91 Å². The maximum absolute atomic E-state index is 12.0. The molecule has 0 spiro atoms. The van der Waals surface area contributed by atoms with Gasteiger partial charge in [-0.15, -0.1) is 11.3 Å². The van der Waals surface area contributed by atoms with E-state index in [0.29, 0.717) is 21.9 Å². The number of aromatic nitrogens is 2. The molecule has 1 aromatic carbocycles. The third kappa shape index (κ3) is 4.98. The molecule has 162 valence electrons. The largest absolute Gasteiger partial charge is 0.379 e. The van der Waals surface area contributed by atoms with Crippen LogP contribution in [-0.4, -0.2) is 59.7 Å². The average Bonchev–Trinajstić information content (AvgIpc) is 3.19. The normalized spacial score (nSPS) is 14.5. The molecule has 3 aromatic rings. The number of rotatable bonds is 6. The number of carbonyl (C=O) groups excluding carboxylic acids is 2. The fourth-order valence-electron chi connectivity index (χ4n) is 3.41. The first-order valence-electron chi connectivity index (χ1n) is 10.1. The zero-order valence-corrected chi connectivity index (χ0v) is 18.0. The van der Waals surface area contributed by atoms with Crippen molar-refractivity contribution >= 4 is 39.4 Å². The number of hydrogen-bond acceptors (Lipinski definition) is 7. The third-order valence-electron chi connectivity index (χ3n) is 4.94. The Labute approximate surface area is 183 Å². The first-order chi connectivity index (χ1) is 15.0. The molecule has 1 aliphatic rings. The molecule has 3 amide bonds. The van der Waals surface area contributed by atoms with Crippen LogP contribution in [0, 0.1) is 0 Å². The second kappa shape index (κ2) is 9.38. The smallest absolute Gasteiger partial charge is 0.321 e. The summed E-state index contributed by atoms with van der Waals surface area (Å²) in [5, 5.41) is 6.03. The number of primary amides is 1. The highest BCUT2D eigenvalue weighted by atomic mass is 32.1. The number of benzene rings is 1. The van der Waals surface area contributed by atoms with Crippen molar-refractivity contribution in [1.29, 1.82) is 0 Å². The SMILES string of the molecule is CCNC(=O)Nc1nc(-c2ccc(CN3CCOCC3)cc2)c2cc(C(N)=O)sc2n1. The molecular formula is C21H24N6O3S. The second-order valence-electron chi connectivity index (χ2n) is 7.16. The van der Waals surface area contributed by atoms with Crippen LogP contribution in [0.1, 0.15) is 22.2 Å². The highest BCUT2D eigenvalue weighted by Gasteiger charge is 2.17. The van der Waals surface area contributed by atoms with Crippen LogP contribution >= 0.6 is 11.3 Å². The minimum absolute atomic E-state index is 0.170. The molecule has 2 aromatic heterocycles. The summed E-state index contributed by atoms with van der Waals surface area (Å²) in [5.74, 6) is -0.350. The average molecular weight is 441 g/mol. The summed E-state index contributed by atoms with van der Waals surface area (Å²) in [7, 11) is 0. The Morgan fingerprint density at radius 2 is 1.94 bits per heavy atom. The molecular weight excluding hydrogens is 416 g/mol. The van der Waals surface area contributed by atoms with Gasteiger partial charge in [0.05, 0.1) is 23.8 Å². The number of nitrogens with one attached hydrogen (secondary N) is 2. The third-order valence-corrected chi connectivity index (χ3v) is 5.98. The molecule has 0 bridgehead atoms. The highest BCUT2D eigenvalue weighted by Crippen LogP contribution is 2.33. The van der Waals surface area contributed by atoms with Crippen LogP contribution in [0.3, 0.4) is 0 Å². The molecule has 1 fully saturated rings. The number of fused-ring (bicyclic) bond motifs is 1. The summed E-state index contributed by atoms with van der Waals surface area (Å²) in [6.45, 7) is 6.54. The van der Waals surface area contributed by atoms with Gasteiger partial charge in [-0.05, 0) is 18.6 Å². The summed E-state index contributed by atoms with van der Waals surface area (Å²) in [5.41, 5.74) is 8.16. The van der Waals surface area contributed by atoms with E-state index in [-0.39, 0.29) is 12.0 Å². The van der Waals surface area contributed by atoms with Crippen LogP contribution in [0.25, 0.3) is 21.5 Å². The van der Waals surface area contributed by atoms with E-state index in [4.69, 9.17) is 10.5 Å². The fraction of sp³-hybridized carbons (Fsp3) is 0.333. The lowest BCUT2D eigenvalue weighted by molar-refractivity contribution is 0.0342. The number of thiophene rings is 1. The van der Waals surface area contributed by atoms with Crippen molar-refractivity contribution in [3.63, 3.8) is 0 Å². The lowest BCUT2D eigenvalue weighted by Crippen LogP contribution is -2.35. The number of nitrogens with two attached hydrogens (primary N) is 1. The monoisotopic (exact) mass is 440 g/mol. The molecule has 31 heavy (non-hydrogen) atoms. The van der Waals surface area contributed by atoms with Crippen LogP contribution in [0.5, 0.6) is 0 Å². The molecule has 9 nitrogen and oxygen atoms in total. The molecule has 1 aliphatic heterocycles. The van der Waals surface area contributed by atoms with Gasteiger partial charge in [0.1, 0.15) is 4.83 Å². The Bertz CT molecular complexity index is 1090. The molecule has 1 saturated heterocycles. The number of anilines is 1. The quantitative estimate of drug-likeness (QED) is 0.541. The topological polar surface area (TPSA) is 122 Å². The van der Waals surface area contributed by atoms with E-state index in [0.717, 1.165) is 43.8 Å². The molecule has 4 rings (SSSR count). The Morgan fingerprint density at radius 1 is 1.19 bits per heavy atom. The van der Waals surface area contributed by atoms with Gasteiger partial charge in [0.25, 0.3) is 5.91 Å². The van der Waals surface area contributed by atoms with Crippen LogP contribution in [-0.2, 0) is 11.3 Å². The van der Waals surface area contributed by atoms with Crippen molar-refractivity contribution in [3.05, 3.63) is 40.8 Å². The number of nitrogens with zero attached hydrogens (tertiary/aromatic N) is 3. The molecule has 0 unspecified atom stereocenters. The number of urea groups is 1. The van der Waals surface area contributed by atoms with E-state index in [9.17, 15) is 9.59 Å². The maximum atomic E-state index is 12.0.